The van der Waals surface area contributed by atoms with Gasteiger partial charge in [-0.2, -0.15) is 5.10 Å². The molecule has 0 radical (unpaired) electrons. The van der Waals surface area contributed by atoms with E-state index in [1.165, 1.54) is 6.26 Å². The second-order valence-electron chi connectivity index (χ2n) is 5.91. The van der Waals surface area contributed by atoms with Crippen molar-refractivity contribution in [2.24, 2.45) is 0 Å². The predicted molar refractivity (Wildman–Crippen MR) is 103 cm³/mol. The molecule has 0 fully saturated rings. The molecule has 0 unspecified atom stereocenters. The molecule has 26 heavy (non-hydrogen) atoms. The molecule has 0 bridgehead atoms. The van der Waals surface area contributed by atoms with Gasteiger partial charge in [0.1, 0.15) is 0 Å². The molecule has 0 amide bonds. The summed E-state index contributed by atoms with van der Waals surface area (Å²) < 4.78 is 25.2. The monoisotopic (exact) mass is 368 g/mol. The van der Waals surface area contributed by atoms with Crippen LogP contribution in [0.5, 0.6) is 0 Å². The van der Waals surface area contributed by atoms with E-state index in [-0.39, 0.29) is 11.5 Å². The fourth-order valence-corrected chi connectivity index (χ4v) is 3.23. The maximum absolute atomic E-state index is 11.7. The molecule has 1 aromatic heterocycles. The first-order chi connectivity index (χ1) is 12.5. The molecular weight excluding hydrogens is 348 g/mol. The van der Waals surface area contributed by atoms with Crippen LogP contribution < -0.4 is 0 Å². The molecule has 3 rings (SSSR count). The van der Waals surface area contributed by atoms with Gasteiger partial charge in [0.05, 0.1) is 22.0 Å². The van der Waals surface area contributed by atoms with Crippen molar-refractivity contribution < 1.29 is 13.5 Å². The van der Waals surface area contributed by atoms with Gasteiger partial charge >= 0.3 is 0 Å². The summed E-state index contributed by atoms with van der Waals surface area (Å²) in [5.74, 6) is 0. The Morgan fingerprint density at radius 2 is 1.77 bits per heavy atom. The van der Waals surface area contributed by atoms with Gasteiger partial charge in [-0.25, -0.2) is 13.1 Å². The van der Waals surface area contributed by atoms with Gasteiger partial charge in [0.15, 0.2) is 9.84 Å². The maximum Gasteiger partial charge on any atom is 0.175 e. The van der Waals surface area contributed by atoms with E-state index in [2.05, 4.69) is 5.10 Å². The number of sulfone groups is 1. The van der Waals surface area contributed by atoms with Gasteiger partial charge in [0, 0.05) is 18.4 Å². The minimum absolute atomic E-state index is 0.0930. The van der Waals surface area contributed by atoms with Gasteiger partial charge in [-0.05, 0) is 42.8 Å². The maximum atomic E-state index is 11.7. The number of benzene rings is 2. The quantitative estimate of drug-likeness (QED) is 0.724. The number of aromatic nitrogens is 2. The molecule has 0 spiro atoms. The first-order valence-corrected chi connectivity index (χ1v) is 10.1. The third kappa shape index (κ3) is 4.09. The lowest BCUT2D eigenvalue weighted by Gasteiger charge is -2.08. The molecule has 0 aliphatic heterocycles. The average molecular weight is 368 g/mol. The minimum atomic E-state index is -3.23. The van der Waals surface area contributed by atoms with Crippen molar-refractivity contribution in [3.8, 4) is 16.9 Å². The van der Waals surface area contributed by atoms with Crippen LogP contribution in [-0.4, -0.2) is 36.2 Å². The second-order valence-corrected chi connectivity index (χ2v) is 7.93. The van der Waals surface area contributed by atoms with Crippen LogP contribution >= 0.6 is 0 Å². The fraction of sp³-hybridized carbons (Fsp3) is 0.150. The summed E-state index contributed by atoms with van der Waals surface area (Å²) in [5, 5.41) is 13.6. The van der Waals surface area contributed by atoms with Crippen LogP contribution in [0.25, 0.3) is 23.0 Å². The summed E-state index contributed by atoms with van der Waals surface area (Å²) in [4.78, 5) is 0.287. The Balaban J connectivity index is 2.07. The largest absolute Gasteiger partial charge is 0.396 e. The second kappa shape index (κ2) is 7.68. The summed E-state index contributed by atoms with van der Waals surface area (Å²) in [5.41, 5.74) is 3.41. The molecule has 2 aromatic carbocycles. The summed E-state index contributed by atoms with van der Waals surface area (Å²) in [6.07, 6.45) is 5.50. The van der Waals surface area contributed by atoms with E-state index in [0.717, 1.165) is 22.6 Å². The number of para-hydroxylation sites is 1. The van der Waals surface area contributed by atoms with Crippen molar-refractivity contribution in [1.82, 2.24) is 9.78 Å². The molecular formula is C20H20N2O3S. The number of aliphatic hydroxyl groups is 1. The Kier molecular flexibility index (Phi) is 5.35. The van der Waals surface area contributed by atoms with Crippen molar-refractivity contribution in [1.29, 1.82) is 0 Å². The van der Waals surface area contributed by atoms with E-state index in [1.54, 1.807) is 24.3 Å². The molecule has 6 heteroatoms. The van der Waals surface area contributed by atoms with Crippen molar-refractivity contribution in [3.05, 3.63) is 72.4 Å². The standard InChI is InChI=1S/C20H20N2O3S/c1-26(24,25)19-12-10-16(11-13-19)20-15-17(7-5-6-14-23)21-22(20)18-8-3-2-4-9-18/h2-5,7-13,15,23H,6,14H2,1H3/b7-5+. The van der Waals surface area contributed by atoms with E-state index in [1.807, 2.05) is 53.2 Å². The van der Waals surface area contributed by atoms with Crippen LogP contribution in [-0.2, 0) is 9.84 Å². The van der Waals surface area contributed by atoms with Crippen LogP contribution in [0.1, 0.15) is 12.1 Å². The van der Waals surface area contributed by atoms with Crippen LogP contribution in [0.4, 0.5) is 0 Å². The molecule has 0 saturated carbocycles. The van der Waals surface area contributed by atoms with Crippen LogP contribution in [0.15, 0.2) is 71.6 Å². The number of rotatable bonds is 6. The zero-order valence-electron chi connectivity index (χ0n) is 14.4. The average Bonchev–Trinajstić information content (AvgIpc) is 3.06. The van der Waals surface area contributed by atoms with E-state index >= 15 is 0 Å². The highest BCUT2D eigenvalue weighted by Gasteiger charge is 2.12. The van der Waals surface area contributed by atoms with Crippen molar-refractivity contribution in [3.63, 3.8) is 0 Å². The molecule has 1 heterocycles. The van der Waals surface area contributed by atoms with Gasteiger partial charge in [-0.3, -0.25) is 0 Å². The highest BCUT2D eigenvalue weighted by molar-refractivity contribution is 7.90. The van der Waals surface area contributed by atoms with E-state index in [9.17, 15) is 8.42 Å². The Labute approximate surface area is 153 Å². The number of hydrogen-bond donors (Lipinski definition) is 1. The van der Waals surface area contributed by atoms with Crippen molar-refractivity contribution in [2.45, 2.75) is 11.3 Å². The van der Waals surface area contributed by atoms with Gasteiger partial charge in [0.2, 0.25) is 0 Å². The lowest BCUT2D eigenvalue weighted by Crippen LogP contribution is -2.00. The van der Waals surface area contributed by atoms with Gasteiger partial charge in [-0.15, -0.1) is 0 Å². The Morgan fingerprint density at radius 1 is 1.08 bits per heavy atom. The lowest BCUT2D eigenvalue weighted by atomic mass is 10.1. The highest BCUT2D eigenvalue weighted by Crippen LogP contribution is 2.26. The molecule has 3 aromatic rings. The number of nitrogens with zero attached hydrogens (tertiary/aromatic N) is 2. The molecule has 0 aliphatic carbocycles. The van der Waals surface area contributed by atoms with Crippen molar-refractivity contribution in [2.75, 3.05) is 12.9 Å². The SMILES string of the molecule is CS(=O)(=O)c1ccc(-c2cc(/C=C/CCO)nn2-c2ccccc2)cc1. The lowest BCUT2D eigenvalue weighted by molar-refractivity contribution is 0.303. The first-order valence-electron chi connectivity index (χ1n) is 8.22. The summed E-state index contributed by atoms with van der Waals surface area (Å²) in [6.45, 7) is 0.0930. The van der Waals surface area contributed by atoms with E-state index in [4.69, 9.17) is 5.11 Å². The van der Waals surface area contributed by atoms with Crippen LogP contribution in [0.3, 0.4) is 0 Å². The Hall–Kier alpha value is -2.70. The molecule has 0 atom stereocenters. The zero-order valence-corrected chi connectivity index (χ0v) is 15.2. The minimum Gasteiger partial charge on any atom is -0.396 e. The third-order valence-electron chi connectivity index (χ3n) is 3.89. The summed E-state index contributed by atoms with van der Waals surface area (Å²) in [6, 6.07) is 18.5. The van der Waals surface area contributed by atoms with Crippen LogP contribution in [0.2, 0.25) is 0 Å². The normalized spacial score (nSPS) is 11.9. The summed E-state index contributed by atoms with van der Waals surface area (Å²) >= 11 is 0. The van der Waals surface area contributed by atoms with Gasteiger partial charge < -0.3 is 5.11 Å². The highest BCUT2D eigenvalue weighted by atomic mass is 32.2. The zero-order chi connectivity index (χ0) is 18.6. The fourth-order valence-electron chi connectivity index (χ4n) is 2.60. The van der Waals surface area contributed by atoms with Gasteiger partial charge in [-0.1, -0.05) is 36.4 Å². The number of aliphatic hydroxyl groups excluding tert-OH is 1. The van der Waals surface area contributed by atoms with Gasteiger partial charge in [0.25, 0.3) is 0 Å². The third-order valence-corrected chi connectivity index (χ3v) is 5.02. The molecule has 134 valence electrons. The smallest absolute Gasteiger partial charge is 0.175 e. The Bertz CT molecular complexity index is 1000. The molecule has 1 N–H and O–H groups in total. The molecule has 0 saturated heterocycles. The van der Waals surface area contributed by atoms with Crippen LogP contribution in [0, 0.1) is 0 Å². The van der Waals surface area contributed by atoms with Crippen molar-refractivity contribution >= 4 is 15.9 Å². The molecule has 5 nitrogen and oxygen atoms in total. The topological polar surface area (TPSA) is 72.2 Å². The predicted octanol–water partition coefficient (Wildman–Crippen LogP) is 3.34. The molecule has 0 aliphatic rings. The number of hydrogen-bond acceptors (Lipinski definition) is 4. The van der Waals surface area contributed by atoms with E-state index in [0.29, 0.717) is 6.42 Å². The van der Waals surface area contributed by atoms with E-state index < -0.39 is 9.84 Å². The summed E-state index contributed by atoms with van der Waals surface area (Å²) in [7, 11) is -3.23. The Morgan fingerprint density at radius 3 is 2.38 bits per heavy atom. The first kappa shape index (κ1) is 18.1.